The maximum atomic E-state index is 14.5. The first-order valence-electron chi connectivity index (χ1n) is 13.6. The molecule has 2 aromatic carbocycles. The van der Waals surface area contributed by atoms with E-state index >= 15 is 0 Å². The average molecular weight is 571 g/mol. The minimum Gasteiger partial charge on any atom is -0.444 e. The van der Waals surface area contributed by atoms with E-state index in [4.69, 9.17) is 9.84 Å². The second kappa shape index (κ2) is 10.8. The van der Waals surface area contributed by atoms with Gasteiger partial charge in [0.2, 0.25) is 0 Å². The number of fused-ring (bicyclic) bond motifs is 1. The molecule has 0 bridgehead atoms. The molecule has 218 valence electrons. The Morgan fingerprint density at radius 3 is 2.02 bits per heavy atom. The van der Waals surface area contributed by atoms with Crippen LogP contribution in [0.25, 0.3) is 0 Å². The topological polar surface area (TPSA) is 96.7 Å². The molecule has 5 rings (SSSR count). The van der Waals surface area contributed by atoms with Crippen LogP contribution in [0.2, 0.25) is 0 Å². The van der Waals surface area contributed by atoms with Crippen molar-refractivity contribution >= 4 is 17.8 Å². The zero-order valence-electron chi connectivity index (χ0n) is 23.1. The van der Waals surface area contributed by atoms with E-state index in [1.54, 1.807) is 25.7 Å². The van der Waals surface area contributed by atoms with Gasteiger partial charge in [-0.25, -0.2) is 9.48 Å². The van der Waals surface area contributed by atoms with E-state index in [0.717, 1.165) is 11.1 Å². The highest BCUT2D eigenvalue weighted by Crippen LogP contribution is 2.49. The Morgan fingerprint density at radius 1 is 1.00 bits per heavy atom. The van der Waals surface area contributed by atoms with Gasteiger partial charge in [0.15, 0.2) is 0 Å². The van der Waals surface area contributed by atoms with Crippen LogP contribution in [0.4, 0.5) is 23.8 Å². The summed E-state index contributed by atoms with van der Waals surface area (Å²) in [6, 6.07) is 17.8. The fraction of sp³-hybridized carbons (Fsp3) is 0.433. The van der Waals surface area contributed by atoms with Gasteiger partial charge in [0.1, 0.15) is 29.5 Å². The molecular weight excluding hydrogens is 537 g/mol. The number of rotatable bonds is 4. The minimum atomic E-state index is -4.90. The molecule has 1 saturated heterocycles. The van der Waals surface area contributed by atoms with Gasteiger partial charge in [0, 0.05) is 24.6 Å². The van der Waals surface area contributed by atoms with E-state index < -0.39 is 47.8 Å². The Hall–Kier alpha value is -3.86. The number of aliphatic hydroxyl groups is 1. The average Bonchev–Trinajstić information content (AvgIpc) is 3.27. The number of nitrogens with zero attached hydrogens (tertiary/aromatic N) is 3. The van der Waals surface area contributed by atoms with E-state index in [-0.39, 0.29) is 30.2 Å². The maximum absolute atomic E-state index is 14.5. The van der Waals surface area contributed by atoms with Crippen molar-refractivity contribution in [2.24, 2.45) is 0 Å². The second-order valence-corrected chi connectivity index (χ2v) is 11.5. The fourth-order valence-corrected chi connectivity index (χ4v) is 5.63. The summed E-state index contributed by atoms with van der Waals surface area (Å²) in [4.78, 5) is 26.9. The van der Waals surface area contributed by atoms with Crippen LogP contribution in [0.3, 0.4) is 0 Å². The summed E-state index contributed by atoms with van der Waals surface area (Å²) in [6.45, 7) is 5.84. The molecule has 2 aliphatic heterocycles. The van der Waals surface area contributed by atoms with Gasteiger partial charge in [0.05, 0.1) is 5.69 Å². The lowest BCUT2D eigenvalue weighted by Gasteiger charge is -2.35. The van der Waals surface area contributed by atoms with Crippen molar-refractivity contribution in [1.82, 2.24) is 14.7 Å². The summed E-state index contributed by atoms with van der Waals surface area (Å²) in [5.74, 6) is -4.09. The van der Waals surface area contributed by atoms with Crippen LogP contribution in [-0.4, -0.2) is 62.8 Å². The number of aliphatic hydroxyl groups excluding tert-OH is 1. The predicted octanol–water partition coefficient (Wildman–Crippen LogP) is 5.59. The van der Waals surface area contributed by atoms with E-state index in [2.05, 4.69) is 5.32 Å². The first kappa shape index (κ1) is 28.7. The standard InChI is InChI=1S/C30H33F3N4O4/c1-29(2,3)41-28(40)36-16-14-18(15-17-36)23-21-22(30(31,32)33)25(38)27(39)34-26(21)37(35-23)24(19-10-6-4-7-11-19)20-12-8-5-9-13-20/h4-13,18,22,24-25,38H,14-17H2,1-3H3,(H,34,39). The first-order chi connectivity index (χ1) is 19.3. The van der Waals surface area contributed by atoms with Gasteiger partial charge in [-0.2, -0.15) is 18.3 Å². The van der Waals surface area contributed by atoms with E-state index in [0.29, 0.717) is 12.8 Å². The van der Waals surface area contributed by atoms with Crippen LogP contribution >= 0.6 is 0 Å². The SMILES string of the molecule is CC(C)(C)OC(=O)N1CCC(c2nn(C(c3ccccc3)c3ccccc3)c3c2C(C(F)(F)F)C(O)C(=O)N3)CC1. The molecule has 0 aliphatic carbocycles. The summed E-state index contributed by atoms with van der Waals surface area (Å²) < 4.78 is 50.5. The zero-order chi connectivity index (χ0) is 29.5. The van der Waals surface area contributed by atoms with Crippen LogP contribution in [-0.2, 0) is 9.53 Å². The number of likely N-dealkylation sites (tertiary alicyclic amines) is 1. The molecule has 3 aromatic rings. The summed E-state index contributed by atoms with van der Waals surface area (Å²) in [6.07, 6.45) is -7.00. The van der Waals surface area contributed by atoms with Crippen molar-refractivity contribution in [3.8, 4) is 0 Å². The first-order valence-corrected chi connectivity index (χ1v) is 13.6. The second-order valence-electron chi connectivity index (χ2n) is 11.5. The third-order valence-electron chi connectivity index (χ3n) is 7.47. The summed E-state index contributed by atoms with van der Waals surface area (Å²) in [5, 5.41) is 17.8. The van der Waals surface area contributed by atoms with Crippen molar-refractivity contribution in [1.29, 1.82) is 0 Å². The number of hydrogen-bond donors (Lipinski definition) is 2. The zero-order valence-corrected chi connectivity index (χ0v) is 23.1. The Labute approximate surface area is 236 Å². The molecule has 3 heterocycles. The van der Waals surface area contributed by atoms with Crippen molar-refractivity contribution in [3.63, 3.8) is 0 Å². The smallest absolute Gasteiger partial charge is 0.410 e. The largest absolute Gasteiger partial charge is 0.444 e. The summed E-state index contributed by atoms with van der Waals surface area (Å²) in [7, 11) is 0. The van der Waals surface area contributed by atoms with Crippen LogP contribution in [0.15, 0.2) is 60.7 Å². The molecular formula is C30H33F3N4O4. The number of benzene rings is 2. The maximum Gasteiger partial charge on any atom is 0.410 e. The predicted molar refractivity (Wildman–Crippen MR) is 146 cm³/mol. The number of aromatic nitrogens is 2. The highest BCUT2D eigenvalue weighted by molar-refractivity contribution is 5.97. The Bertz CT molecular complexity index is 1360. The number of ether oxygens (including phenoxy) is 1. The molecule has 0 spiro atoms. The molecule has 0 saturated carbocycles. The minimum absolute atomic E-state index is 0.0788. The number of amides is 2. The third kappa shape index (κ3) is 5.81. The van der Waals surface area contributed by atoms with Crippen LogP contribution in [0, 0.1) is 0 Å². The molecule has 1 fully saturated rings. The molecule has 41 heavy (non-hydrogen) atoms. The number of nitrogens with one attached hydrogen (secondary N) is 1. The third-order valence-corrected chi connectivity index (χ3v) is 7.47. The van der Waals surface area contributed by atoms with Gasteiger partial charge in [0.25, 0.3) is 5.91 Å². The van der Waals surface area contributed by atoms with Crippen molar-refractivity contribution in [2.75, 3.05) is 18.4 Å². The fourth-order valence-electron chi connectivity index (χ4n) is 5.63. The number of hydrogen-bond acceptors (Lipinski definition) is 5. The van der Waals surface area contributed by atoms with Gasteiger partial charge < -0.3 is 20.1 Å². The molecule has 2 unspecified atom stereocenters. The molecule has 2 atom stereocenters. The number of halogens is 3. The van der Waals surface area contributed by atoms with Gasteiger partial charge >= 0.3 is 12.3 Å². The van der Waals surface area contributed by atoms with Gasteiger partial charge in [-0.05, 0) is 44.7 Å². The highest BCUT2D eigenvalue weighted by atomic mass is 19.4. The number of carbonyl (C=O) groups excluding carboxylic acids is 2. The molecule has 11 heteroatoms. The molecule has 8 nitrogen and oxygen atoms in total. The quantitative estimate of drug-likeness (QED) is 0.426. The number of carbonyl (C=O) groups is 2. The van der Waals surface area contributed by atoms with Gasteiger partial charge in [-0.15, -0.1) is 0 Å². The molecule has 2 N–H and O–H groups in total. The molecule has 1 aromatic heterocycles. The monoisotopic (exact) mass is 570 g/mol. The number of anilines is 1. The molecule has 2 amide bonds. The van der Waals surface area contributed by atoms with Crippen molar-refractivity contribution in [3.05, 3.63) is 83.0 Å². The lowest BCUT2D eigenvalue weighted by Crippen LogP contribution is -2.45. The van der Waals surface area contributed by atoms with Crippen LogP contribution in [0.1, 0.15) is 73.9 Å². The summed E-state index contributed by atoms with van der Waals surface area (Å²) in [5.41, 5.74) is 0.793. The van der Waals surface area contributed by atoms with Gasteiger partial charge in [-0.3, -0.25) is 4.79 Å². The molecule has 2 aliphatic rings. The normalized spacial score (nSPS) is 20.1. The molecule has 0 radical (unpaired) electrons. The van der Waals surface area contributed by atoms with E-state index in [9.17, 15) is 27.9 Å². The van der Waals surface area contributed by atoms with E-state index in [1.807, 2.05) is 60.7 Å². The number of piperidine rings is 1. The Kier molecular flexibility index (Phi) is 7.58. The lowest BCUT2D eigenvalue weighted by atomic mass is 9.82. The summed E-state index contributed by atoms with van der Waals surface area (Å²) >= 11 is 0. The Morgan fingerprint density at radius 2 is 1.54 bits per heavy atom. The lowest BCUT2D eigenvalue weighted by molar-refractivity contribution is -0.177. The van der Waals surface area contributed by atoms with Crippen LogP contribution in [0.5, 0.6) is 0 Å². The number of alkyl halides is 3. The van der Waals surface area contributed by atoms with E-state index in [1.165, 1.54) is 4.68 Å². The van der Waals surface area contributed by atoms with Crippen molar-refractivity contribution in [2.45, 2.75) is 69.4 Å². The van der Waals surface area contributed by atoms with Gasteiger partial charge in [-0.1, -0.05) is 60.7 Å². The Balaban J connectivity index is 1.62. The van der Waals surface area contributed by atoms with Crippen molar-refractivity contribution < 1.29 is 32.6 Å². The van der Waals surface area contributed by atoms with Crippen LogP contribution < -0.4 is 5.32 Å². The highest BCUT2D eigenvalue weighted by Gasteiger charge is 2.55.